The molecule has 0 aromatic carbocycles. The fourth-order valence-corrected chi connectivity index (χ4v) is 1.67. The van der Waals surface area contributed by atoms with Crippen LogP contribution in [0.3, 0.4) is 0 Å². The molecule has 13 heavy (non-hydrogen) atoms. The Hall–Kier alpha value is -0.260. The van der Waals surface area contributed by atoms with Crippen molar-refractivity contribution in [1.29, 1.82) is 0 Å². The third-order valence-corrected chi connectivity index (χ3v) is 2.90. The molecule has 0 aliphatic carbocycles. The van der Waals surface area contributed by atoms with Gasteiger partial charge in [0.15, 0.2) is 0 Å². The minimum absolute atomic E-state index is 0.964. The summed E-state index contributed by atoms with van der Waals surface area (Å²) in [4.78, 5) is 0. The quantitative estimate of drug-likeness (QED) is 0.489. The van der Waals surface area contributed by atoms with Crippen LogP contribution in [0.5, 0.6) is 0 Å². The molecule has 0 N–H and O–H groups in total. The van der Waals surface area contributed by atoms with E-state index in [0.717, 1.165) is 5.92 Å². The van der Waals surface area contributed by atoms with Gasteiger partial charge in [0.05, 0.1) is 0 Å². The van der Waals surface area contributed by atoms with Gasteiger partial charge in [0, 0.05) is 0 Å². The minimum Gasteiger partial charge on any atom is -0.0856 e. The molecule has 0 rings (SSSR count). The molecule has 0 aliphatic rings. The lowest BCUT2D eigenvalue weighted by atomic mass is 9.95. The van der Waals surface area contributed by atoms with E-state index < -0.39 is 0 Å². The third-order valence-electron chi connectivity index (χ3n) is 2.90. The van der Waals surface area contributed by atoms with Crippen LogP contribution < -0.4 is 0 Å². The van der Waals surface area contributed by atoms with Gasteiger partial charge in [-0.05, 0) is 32.1 Å². The summed E-state index contributed by atoms with van der Waals surface area (Å²) in [7, 11) is 0. The van der Waals surface area contributed by atoms with Crippen LogP contribution in [0.2, 0.25) is 0 Å². The Morgan fingerprint density at radius 3 is 2.31 bits per heavy atom. The predicted molar refractivity (Wildman–Crippen MR) is 62.0 cm³/mol. The zero-order chi connectivity index (χ0) is 10.1. The van der Waals surface area contributed by atoms with Crippen LogP contribution in [0.1, 0.15) is 66.2 Å². The van der Waals surface area contributed by atoms with Crippen molar-refractivity contribution in [3.63, 3.8) is 0 Å². The molecule has 0 heterocycles. The van der Waals surface area contributed by atoms with Gasteiger partial charge in [0.2, 0.25) is 0 Å². The van der Waals surface area contributed by atoms with Gasteiger partial charge >= 0.3 is 0 Å². The second-order valence-corrected chi connectivity index (χ2v) is 4.04. The van der Waals surface area contributed by atoms with Gasteiger partial charge in [0.25, 0.3) is 0 Å². The van der Waals surface area contributed by atoms with Gasteiger partial charge in [0.1, 0.15) is 0 Å². The maximum absolute atomic E-state index is 2.42. The summed E-state index contributed by atoms with van der Waals surface area (Å²) in [5.74, 6) is 0.964. The van der Waals surface area contributed by atoms with Crippen LogP contribution in [-0.4, -0.2) is 0 Å². The van der Waals surface area contributed by atoms with Crippen LogP contribution >= 0.6 is 0 Å². The lowest BCUT2D eigenvalue weighted by Gasteiger charge is -2.11. The summed E-state index contributed by atoms with van der Waals surface area (Å²) in [5, 5.41) is 0. The maximum atomic E-state index is 2.42. The summed E-state index contributed by atoms with van der Waals surface area (Å²) in [5.41, 5.74) is 1.55. The van der Waals surface area contributed by atoms with E-state index >= 15 is 0 Å². The Kier molecular flexibility index (Phi) is 8.18. The molecule has 0 saturated heterocycles. The zero-order valence-electron chi connectivity index (χ0n) is 9.90. The Balaban J connectivity index is 3.59. The lowest BCUT2D eigenvalue weighted by Crippen LogP contribution is -1.97. The van der Waals surface area contributed by atoms with Crippen molar-refractivity contribution >= 4 is 0 Å². The van der Waals surface area contributed by atoms with Crippen LogP contribution in [0, 0.1) is 5.92 Å². The molecule has 0 amide bonds. The van der Waals surface area contributed by atoms with E-state index in [1.54, 1.807) is 5.57 Å². The van der Waals surface area contributed by atoms with E-state index in [1.807, 2.05) is 0 Å². The molecule has 0 aromatic rings. The SMILES string of the molecule is CCCC(CC)CCC=C(C)CC. The molecule has 1 atom stereocenters. The van der Waals surface area contributed by atoms with Gasteiger partial charge in [-0.25, -0.2) is 0 Å². The number of hydrogen-bond acceptors (Lipinski definition) is 0. The van der Waals surface area contributed by atoms with Crippen molar-refractivity contribution in [3.05, 3.63) is 11.6 Å². The Morgan fingerprint density at radius 2 is 1.85 bits per heavy atom. The Morgan fingerprint density at radius 1 is 1.15 bits per heavy atom. The normalized spacial score (nSPS) is 14.6. The van der Waals surface area contributed by atoms with Crippen molar-refractivity contribution in [3.8, 4) is 0 Å². The average molecular weight is 182 g/mol. The van der Waals surface area contributed by atoms with E-state index in [2.05, 4.69) is 33.8 Å². The molecule has 0 spiro atoms. The molecule has 0 bridgehead atoms. The molecule has 0 aliphatic heterocycles. The summed E-state index contributed by atoms with van der Waals surface area (Å²) in [6.07, 6.45) is 10.4. The predicted octanol–water partition coefficient (Wildman–Crippen LogP) is 4.95. The Labute approximate surface area is 84.4 Å². The van der Waals surface area contributed by atoms with Crippen LogP contribution in [-0.2, 0) is 0 Å². The highest BCUT2D eigenvalue weighted by atomic mass is 14.1. The van der Waals surface area contributed by atoms with Gasteiger partial charge < -0.3 is 0 Å². The zero-order valence-corrected chi connectivity index (χ0v) is 9.90. The van der Waals surface area contributed by atoms with Crippen LogP contribution in [0.15, 0.2) is 11.6 Å². The van der Waals surface area contributed by atoms with E-state index in [9.17, 15) is 0 Å². The van der Waals surface area contributed by atoms with Crippen molar-refractivity contribution in [2.75, 3.05) is 0 Å². The second-order valence-electron chi connectivity index (χ2n) is 4.04. The molecular weight excluding hydrogens is 156 g/mol. The molecular formula is C13H26. The first-order chi connectivity index (χ1) is 6.24. The molecule has 1 unspecified atom stereocenters. The van der Waals surface area contributed by atoms with Crippen molar-refractivity contribution in [2.24, 2.45) is 5.92 Å². The summed E-state index contributed by atoms with van der Waals surface area (Å²) < 4.78 is 0. The summed E-state index contributed by atoms with van der Waals surface area (Å²) in [6.45, 7) is 9.07. The topological polar surface area (TPSA) is 0 Å². The summed E-state index contributed by atoms with van der Waals surface area (Å²) in [6, 6.07) is 0. The maximum Gasteiger partial charge on any atom is -0.0346 e. The fourth-order valence-electron chi connectivity index (χ4n) is 1.67. The standard InChI is InChI=1S/C13H26/c1-5-9-13(7-3)11-8-10-12(4)6-2/h10,13H,5-9,11H2,1-4H3. The van der Waals surface area contributed by atoms with E-state index in [1.165, 1.54) is 38.5 Å². The van der Waals surface area contributed by atoms with Gasteiger partial charge in [-0.2, -0.15) is 0 Å². The average Bonchev–Trinajstić information content (AvgIpc) is 2.16. The van der Waals surface area contributed by atoms with Crippen LogP contribution in [0.25, 0.3) is 0 Å². The highest BCUT2D eigenvalue weighted by Gasteiger charge is 2.02. The second kappa shape index (κ2) is 8.34. The van der Waals surface area contributed by atoms with E-state index in [-0.39, 0.29) is 0 Å². The first kappa shape index (κ1) is 12.7. The molecule has 0 aromatic heterocycles. The lowest BCUT2D eigenvalue weighted by molar-refractivity contribution is 0.435. The summed E-state index contributed by atoms with van der Waals surface area (Å²) >= 11 is 0. The molecule has 0 saturated carbocycles. The monoisotopic (exact) mass is 182 g/mol. The van der Waals surface area contributed by atoms with Crippen molar-refractivity contribution in [2.45, 2.75) is 66.2 Å². The molecule has 0 nitrogen and oxygen atoms in total. The number of hydrogen-bond donors (Lipinski definition) is 0. The first-order valence-corrected chi connectivity index (χ1v) is 5.90. The number of allylic oxidation sites excluding steroid dienone is 2. The third kappa shape index (κ3) is 6.86. The Bertz CT molecular complexity index is 133. The highest BCUT2D eigenvalue weighted by Crippen LogP contribution is 2.18. The molecule has 0 fully saturated rings. The van der Waals surface area contributed by atoms with Crippen molar-refractivity contribution < 1.29 is 0 Å². The van der Waals surface area contributed by atoms with Gasteiger partial charge in [-0.1, -0.05) is 51.7 Å². The highest BCUT2D eigenvalue weighted by molar-refractivity contribution is 4.96. The molecule has 0 heteroatoms. The number of rotatable bonds is 7. The molecule has 0 radical (unpaired) electrons. The fraction of sp³-hybridized carbons (Fsp3) is 0.846. The van der Waals surface area contributed by atoms with Gasteiger partial charge in [-0.3, -0.25) is 0 Å². The van der Waals surface area contributed by atoms with Gasteiger partial charge in [-0.15, -0.1) is 0 Å². The van der Waals surface area contributed by atoms with Crippen molar-refractivity contribution in [1.82, 2.24) is 0 Å². The minimum atomic E-state index is 0.964. The van der Waals surface area contributed by atoms with Crippen LogP contribution in [0.4, 0.5) is 0 Å². The first-order valence-electron chi connectivity index (χ1n) is 5.90. The largest absolute Gasteiger partial charge is 0.0856 e. The van der Waals surface area contributed by atoms with E-state index in [4.69, 9.17) is 0 Å². The van der Waals surface area contributed by atoms with E-state index in [0.29, 0.717) is 0 Å². The molecule has 78 valence electrons. The smallest absolute Gasteiger partial charge is 0.0346 e.